The molecule has 8 nitrogen and oxygen atoms in total. The maximum atomic E-state index is 14.1. The fraction of sp³-hybridized carbons (Fsp3) is 0.306. The summed E-state index contributed by atoms with van der Waals surface area (Å²) < 4.78 is 0. The number of benzene rings is 1. The van der Waals surface area contributed by atoms with Crippen LogP contribution < -0.4 is 21.7 Å². The summed E-state index contributed by atoms with van der Waals surface area (Å²) in [6.45, 7) is 2.87. The topological polar surface area (TPSA) is 119 Å². The second kappa shape index (κ2) is 14.6. The number of carbonyl (C=O) groups is 1. The van der Waals surface area contributed by atoms with Gasteiger partial charge >= 0.3 is 0 Å². The molecular weight excluding hydrogens is 546 g/mol. The van der Waals surface area contributed by atoms with Gasteiger partial charge < -0.3 is 26.6 Å². The number of allylic oxidation sites excluding steroid dienone is 9. The van der Waals surface area contributed by atoms with E-state index < -0.39 is 0 Å². The van der Waals surface area contributed by atoms with Crippen molar-refractivity contribution in [2.24, 2.45) is 10.7 Å². The van der Waals surface area contributed by atoms with E-state index in [1.165, 1.54) is 17.8 Å². The van der Waals surface area contributed by atoms with Crippen molar-refractivity contribution in [3.05, 3.63) is 124 Å². The predicted octanol–water partition coefficient (Wildman–Crippen LogP) is 6.06. The van der Waals surface area contributed by atoms with E-state index in [1.54, 1.807) is 4.90 Å². The molecule has 228 valence electrons. The Labute approximate surface area is 260 Å². The lowest BCUT2D eigenvalue weighted by Crippen LogP contribution is -2.37. The van der Waals surface area contributed by atoms with Crippen molar-refractivity contribution in [3.63, 3.8) is 0 Å². The lowest BCUT2D eigenvalue weighted by molar-refractivity contribution is -0.127. The van der Waals surface area contributed by atoms with Gasteiger partial charge in [-0.15, -0.1) is 0 Å². The SMILES string of the molecule is CC/C=C(\C(C1=CCCCC1)=C1\NC(NC(=N)/C=C\N)=C(C2=C/CC3=C(C/C=C\2)NCC=N3)CC(=O)N1C)c1ccccc1. The minimum absolute atomic E-state index is 0.0355. The smallest absolute Gasteiger partial charge is 0.232 e. The van der Waals surface area contributed by atoms with Crippen molar-refractivity contribution in [1.29, 1.82) is 5.41 Å². The quantitative estimate of drug-likeness (QED) is 0.196. The number of amidine groups is 1. The van der Waals surface area contributed by atoms with Gasteiger partial charge in [-0.05, 0) is 66.7 Å². The highest BCUT2D eigenvalue weighted by Crippen LogP contribution is 2.38. The molecule has 8 heteroatoms. The number of nitrogens with two attached hydrogens (primary N) is 1. The van der Waals surface area contributed by atoms with Crippen LogP contribution >= 0.6 is 0 Å². The molecule has 1 aromatic carbocycles. The summed E-state index contributed by atoms with van der Waals surface area (Å²) in [7, 11) is 1.84. The van der Waals surface area contributed by atoms with E-state index in [0.29, 0.717) is 18.1 Å². The lowest BCUT2D eigenvalue weighted by Gasteiger charge is -2.28. The molecule has 4 aliphatic rings. The van der Waals surface area contributed by atoms with Crippen molar-refractivity contribution >= 4 is 23.5 Å². The van der Waals surface area contributed by atoms with Crippen molar-refractivity contribution in [2.75, 3.05) is 13.6 Å². The Kier molecular flexibility index (Phi) is 10.1. The maximum Gasteiger partial charge on any atom is 0.232 e. The summed E-state index contributed by atoms with van der Waals surface area (Å²) in [4.78, 5) is 20.5. The second-order valence-electron chi connectivity index (χ2n) is 11.2. The fourth-order valence-electron chi connectivity index (χ4n) is 5.99. The molecule has 0 bridgehead atoms. The zero-order valence-corrected chi connectivity index (χ0v) is 25.7. The predicted molar refractivity (Wildman–Crippen MR) is 180 cm³/mol. The van der Waals surface area contributed by atoms with Gasteiger partial charge in [0.2, 0.25) is 5.91 Å². The van der Waals surface area contributed by atoms with Gasteiger partial charge in [-0.1, -0.05) is 67.6 Å². The van der Waals surface area contributed by atoms with Gasteiger partial charge in [-0.2, -0.15) is 0 Å². The van der Waals surface area contributed by atoms with Gasteiger partial charge in [-0.3, -0.25) is 15.2 Å². The number of rotatable bonds is 7. The highest BCUT2D eigenvalue weighted by Gasteiger charge is 2.30. The Morgan fingerprint density at radius 1 is 1.18 bits per heavy atom. The highest BCUT2D eigenvalue weighted by molar-refractivity contribution is 5.93. The van der Waals surface area contributed by atoms with Crippen molar-refractivity contribution < 1.29 is 4.79 Å². The summed E-state index contributed by atoms with van der Waals surface area (Å²) >= 11 is 0. The largest absolute Gasteiger partial charge is 0.404 e. The average molecular weight is 590 g/mol. The summed E-state index contributed by atoms with van der Waals surface area (Å²) in [6.07, 6.45) is 22.2. The fourth-order valence-corrected chi connectivity index (χ4v) is 5.99. The molecule has 5 rings (SSSR count). The Morgan fingerprint density at radius 2 is 2.02 bits per heavy atom. The van der Waals surface area contributed by atoms with Crippen LogP contribution in [0.2, 0.25) is 0 Å². The van der Waals surface area contributed by atoms with E-state index in [0.717, 1.165) is 84.3 Å². The van der Waals surface area contributed by atoms with Gasteiger partial charge in [0.1, 0.15) is 17.5 Å². The first-order valence-corrected chi connectivity index (χ1v) is 15.6. The van der Waals surface area contributed by atoms with E-state index in [2.05, 4.69) is 82.5 Å². The highest BCUT2D eigenvalue weighted by atomic mass is 16.2. The molecule has 1 aromatic rings. The first-order valence-electron chi connectivity index (χ1n) is 15.6. The van der Waals surface area contributed by atoms with E-state index >= 15 is 0 Å². The summed E-state index contributed by atoms with van der Waals surface area (Å²) in [6, 6.07) is 10.4. The van der Waals surface area contributed by atoms with Crippen LogP contribution in [0.25, 0.3) is 5.57 Å². The van der Waals surface area contributed by atoms with E-state index in [9.17, 15) is 4.79 Å². The Morgan fingerprint density at radius 3 is 2.77 bits per heavy atom. The second-order valence-corrected chi connectivity index (χ2v) is 11.2. The Bertz CT molecular complexity index is 1560. The van der Waals surface area contributed by atoms with Crippen molar-refractivity contribution in [1.82, 2.24) is 20.9 Å². The van der Waals surface area contributed by atoms with Crippen LogP contribution in [-0.4, -0.2) is 36.4 Å². The van der Waals surface area contributed by atoms with Crippen LogP contribution in [0.15, 0.2) is 123 Å². The van der Waals surface area contributed by atoms with Gasteiger partial charge in [0.25, 0.3) is 0 Å². The third-order valence-corrected chi connectivity index (χ3v) is 8.20. The zero-order valence-electron chi connectivity index (χ0n) is 25.7. The number of nitrogens with one attached hydrogen (secondary N) is 4. The summed E-state index contributed by atoms with van der Waals surface area (Å²) in [5, 5.41) is 18.9. The van der Waals surface area contributed by atoms with Crippen LogP contribution in [0.1, 0.15) is 63.9 Å². The Balaban J connectivity index is 1.71. The van der Waals surface area contributed by atoms with Gasteiger partial charge in [0.15, 0.2) is 0 Å². The summed E-state index contributed by atoms with van der Waals surface area (Å²) in [5.74, 6) is 1.38. The van der Waals surface area contributed by atoms with E-state index in [1.807, 2.05) is 19.3 Å². The van der Waals surface area contributed by atoms with Crippen molar-refractivity contribution in [2.45, 2.75) is 58.3 Å². The molecule has 0 atom stereocenters. The first-order chi connectivity index (χ1) is 21.5. The number of amides is 1. The average Bonchev–Trinajstić information content (AvgIpc) is 3.14. The number of aliphatic imine (C=N–C) groups is 1. The monoisotopic (exact) mass is 589 g/mol. The molecule has 6 N–H and O–H groups in total. The number of hydrogen-bond donors (Lipinski definition) is 5. The molecular formula is C36H43N7O. The van der Waals surface area contributed by atoms with Gasteiger partial charge in [0, 0.05) is 42.9 Å². The molecule has 0 saturated heterocycles. The van der Waals surface area contributed by atoms with E-state index in [4.69, 9.17) is 11.1 Å². The molecule has 44 heavy (non-hydrogen) atoms. The molecule has 0 aromatic heterocycles. The molecule has 0 spiro atoms. The zero-order chi connectivity index (χ0) is 30.9. The van der Waals surface area contributed by atoms with Crippen LogP contribution in [0.5, 0.6) is 0 Å². The van der Waals surface area contributed by atoms with Gasteiger partial charge in [0.05, 0.1) is 18.7 Å². The molecule has 1 amide bonds. The van der Waals surface area contributed by atoms with Gasteiger partial charge in [-0.25, -0.2) is 0 Å². The van der Waals surface area contributed by atoms with Crippen molar-refractivity contribution in [3.8, 4) is 0 Å². The minimum atomic E-state index is -0.0355. The van der Waals surface area contributed by atoms with Crippen LogP contribution in [0.3, 0.4) is 0 Å². The van der Waals surface area contributed by atoms with Crippen LogP contribution in [-0.2, 0) is 4.79 Å². The van der Waals surface area contributed by atoms with Crippen LogP contribution in [0, 0.1) is 5.41 Å². The Hall–Kier alpha value is -4.85. The minimum Gasteiger partial charge on any atom is -0.404 e. The number of nitrogens with zero attached hydrogens (tertiary/aromatic N) is 2. The van der Waals surface area contributed by atoms with Crippen LogP contribution in [0.4, 0.5) is 0 Å². The first kappa shape index (κ1) is 30.6. The molecule has 0 radical (unpaired) electrons. The molecule has 2 aliphatic heterocycles. The maximum absolute atomic E-state index is 14.1. The standard InChI is InChI=1S/C36H43N7O/c1-3-11-28(25-12-6-4-7-13-25)34(27-14-8-5-9-15-27)36-42-35(41-32(38)20-21-37)29(24-33(44)43(36)2)26-16-10-17-30-31(19-18-26)40-23-22-39-30/h4,6-7,10-14,16,18,20-21,23,39,42H,3,5,8-9,15,17,19,22,24,37H2,1-2H3,(H2,38,41)/b16-10-,21-20-,26-18+,28-11-,36-34-. The lowest BCUT2D eigenvalue weighted by atomic mass is 9.85. The number of hydrogen-bond acceptors (Lipinski definition) is 6. The third kappa shape index (κ3) is 7.02. The molecule has 0 unspecified atom stereocenters. The summed E-state index contributed by atoms with van der Waals surface area (Å²) in [5.41, 5.74) is 14.0. The normalized spacial score (nSPS) is 22.5. The molecule has 2 aliphatic carbocycles. The third-order valence-electron chi connectivity index (χ3n) is 8.20. The molecule has 2 heterocycles. The molecule has 0 saturated carbocycles. The van der Waals surface area contributed by atoms with E-state index in [-0.39, 0.29) is 18.2 Å². The number of carbonyl (C=O) groups excluding carboxylic acids is 1. The molecule has 0 fully saturated rings.